The number of nitrogens with one attached hydrogen (secondary N) is 1. The zero-order valence-corrected chi connectivity index (χ0v) is 14.5. The molecule has 1 heterocycles. The van der Waals surface area contributed by atoms with Crippen molar-refractivity contribution in [1.82, 2.24) is 15.1 Å². The average Bonchev–Trinajstić information content (AvgIpc) is 3.13. The summed E-state index contributed by atoms with van der Waals surface area (Å²) in [5.74, 6) is 1.11. The van der Waals surface area contributed by atoms with Crippen LogP contribution in [0.4, 0.5) is 0 Å². The quantitative estimate of drug-likeness (QED) is 0.624. The highest BCUT2D eigenvalue weighted by Gasteiger charge is 2.40. The molecule has 2 fully saturated rings. The van der Waals surface area contributed by atoms with Crippen molar-refractivity contribution >= 4 is 5.96 Å². The van der Waals surface area contributed by atoms with Crippen molar-refractivity contribution in [3.63, 3.8) is 0 Å². The van der Waals surface area contributed by atoms with Crippen molar-refractivity contribution in [2.75, 3.05) is 40.3 Å². The zero-order valence-electron chi connectivity index (χ0n) is 14.5. The Morgan fingerprint density at radius 2 is 2.05 bits per heavy atom. The molecule has 4 heteroatoms. The van der Waals surface area contributed by atoms with Crippen LogP contribution in [0.2, 0.25) is 0 Å². The molecule has 1 saturated heterocycles. The SMILES string of the molecule is CCC(C)N(C)CCNC(=NC)N1CCC2(CCCC2)C1. The first-order chi connectivity index (χ1) is 10.1. The fourth-order valence-corrected chi connectivity index (χ4v) is 3.86. The predicted molar refractivity (Wildman–Crippen MR) is 90.8 cm³/mol. The number of hydrogen-bond donors (Lipinski definition) is 1. The Bertz CT molecular complexity index is 347. The molecule has 21 heavy (non-hydrogen) atoms. The topological polar surface area (TPSA) is 30.9 Å². The molecule has 1 aliphatic heterocycles. The molecule has 0 aromatic heterocycles. The maximum atomic E-state index is 4.50. The summed E-state index contributed by atoms with van der Waals surface area (Å²) in [5.41, 5.74) is 0.616. The van der Waals surface area contributed by atoms with Crippen molar-refractivity contribution in [3.05, 3.63) is 0 Å². The molecule has 122 valence electrons. The van der Waals surface area contributed by atoms with Gasteiger partial charge in [0.2, 0.25) is 0 Å². The minimum Gasteiger partial charge on any atom is -0.355 e. The lowest BCUT2D eigenvalue weighted by Crippen LogP contribution is -2.44. The molecule has 0 aromatic rings. The van der Waals surface area contributed by atoms with Gasteiger partial charge in [-0.15, -0.1) is 0 Å². The summed E-state index contributed by atoms with van der Waals surface area (Å²) >= 11 is 0. The average molecular weight is 294 g/mol. The lowest BCUT2D eigenvalue weighted by atomic mass is 9.86. The van der Waals surface area contributed by atoms with Gasteiger partial charge in [-0.05, 0) is 45.1 Å². The molecule has 0 radical (unpaired) electrons. The van der Waals surface area contributed by atoms with Crippen LogP contribution in [0.3, 0.4) is 0 Å². The first-order valence-electron chi connectivity index (χ1n) is 8.76. The third kappa shape index (κ3) is 4.12. The van der Waals surface area contributed by atoms with Gasteiger partial charge in [0.15, 0.2) is 5.96 Å². The van der Waals surface area contributed by atoms with Gasteiger partial charge >= 0.3 is 0 Å². The molecule has 4 nitrogen and oxygen atoms in total. The first-order valence-corrected chi connectivity index (χ1v) is 8.76. The number of likely N-dealkylation sites (tertiary alicyclic amines) is 1. The highest BCUT2D eigenvalue weighted by Crippen LogP contribution is 2.45. The highest BCUT2D eigenvalue weighted by atomic mass is 15.3. The second-order valence-electron chi connectivity index (χ2n) is 7.09. The van der Waals surface area contributed by atoms with Gasteiger partial charge in [-0.1, -0.05) is 19.8 Å². The molecule has 1 spiro atoms. The molecule has 1 saturated carbocycles. The smallest absolute Gasteiger partial charge is 0.193 e. The van der Waals surface area contributed by atoms with E-state index in [2.05, 4.69) is 41.0 Å². The molecule has 1 N–H and O–H groups in total. The van der Waals surface area contributed by atoms with E-state index in [9.17, 15) is 0 Å². The maximum Gasteiger partial charge on any atom is 0.193 e. The number of aliphatic imine (C=N–C) groups is 1. The van der Waals surface area contributed by atoms with Crippen LogP contribution >= 0.6 is 0 Å². The fraction of sp³-hybridized carbons (Fsp3) is 0.941. The van der Waals surface area contributed by atoms with Crippen molar-refractivity contribution in [3.8, 4) is 0 Å². The second kappa shape index (κ2) is 7.48. The van der Waals surface area contributed by atoms with E-state index in [-0.39, 0.29) is 0 Å². The summed E-state index contributed by atoms with van der Waals surface area (Å²) in [7, 11) is 4.13. The van der Waals surface area contributed by atoms with Crippen LogP contribution in [0.5, 0.6) is 0 Å². The molecule has 0 aromatic carbocycles. The van der Waals surface area contributed by atoms with Crippen molar-refractivity contribution in [2.24, 2.45) is 10.4 Å². The van der Waals surface area contributed by atoms with Gasteiger partial charge in [0.1, 0.15) is 0 Å². The molecule has 1 unspecified atom stereocenters. The monoisotopic (exact) mass is 294 g/mol. The molecular formula is C17H34N4. The van der Waals surface area contributed by atoms with E-state index in [0.29, 0.717) is 11.5 Å². The molecule has 1 aliphatic carbocycles. The largest absolute Gasteiger partial charge is 0.355 e. The van der Waals surface area contributed by atoms with Crippen LogP contribution in [0.1, 0.15) is 52.4 Å². The molecule has 0 amide bonds. The summed E-state index contributed by atoms with van der Waals surface area (Å²) in [4.78, 5) is 9.40. The summed E-state index contributed by atoms with van der Waals surface area (Å²) in [6, 6.07) is 0.655. The molecule has 2 aliphatic rings. The third-order valence-electron chi connectivity index (χ3n) is 5.70. The van der Waals surface area contributed by atoms with E-state index in [1.807, 2.05) is 7.05 Å². The van der Waals surface area contributed by atoms with E-state index in [4.69, 9.17) is 0 Å². The summed E-state index contributed by atoms with van der Waals surface area (Å²) in [5, 5.41) is 3.56. The Balaban J connectivity index is 1.76. The van der Waals surface area contributed by atoms with E-state index in [1.165, 1.54) is 51.6 Å². The van der Waals surface area contributed by atoms with Gasteiger partial charge in [-0.2, -0.15) is 0 Å². The number of likely N-dealkylation sites (N-methyl/N-ethyl adjacent to an activating group) is 1. The van der Waals surface area contributed by atoms with Crippen molar-refractivity contribution in [1.29, 1.82) is 0 Å². The van der Waals surface area contributed by atoms with Crippen LogP contribution in [-0.2, 0) is 0 Å². The van der Waals surface area contributed by atoms with Crippen molar-refractivity contribution < 1.29 is 0 Å². The summed E-state index contributed by atoms with van der Waals surface area (Å²) in [6.45, 7) is 9.00. The van der Waals surface area contributed by atoms with E-state index >= 15 is 0 Å². The lowest BCUT2D eigenvalue weighted by Gasteiger charge is -2.27. The van der Waals surface area contributed by atoms with Gasteiger partial charge in [0, 0.05) is 39.3 Å². The molecular weight excluding hydrogens is 260 g/mol. The second-order valence-corrected chi connectivity index (χ2v) is 7.09. The Morgan fingerprint density at radius 3 is 2.67 bits per heavy atom. The number of nitrogens with zero attached hydrogens (tertiary/aromatic N) is 3. The number of guanidine groups is 1. The minimum absolute atomic E-state index is 0.616. The van der Waals surface area contributed by atoms with E-state index < -0.39 is 0 Å². The minimum atomic E-state index is 0.616. The Hall–Kier alpha value is -0.770. The molecule has 2 rings (SSSR count). The van der Waals surface area contributed by atoms with Crippen LogP contribution in [0, 0.1) is 5.41 Å². The molecule has 0 bridgehead atoms. The summed E-state index contributed by atoms with van der Waals surface area (Å²) < 4.78 is 0. The normalized spacial score (nSPS) is 23.3. The van der Waals surface area contributed by atoms with E-state index in [1.54, 1.807) is 0 Å². The standard InChI is InChI=1S/C17H34N4/c1-5-15(2)20(4)13-11-19-16(18-3)21-12-10-17(14-21)8-6-7-9-17/h15H,5-14H2,1-4H3,(H,18,19). The van der Waals surface area contributed by atoms with Crippen molar-refractivity contribution in [2.45, 2.75) is 58.4 Å². The third-order valence-corrected chi connectivity index (χ3v) is 5.70. The van der Waals surface area contributed by atoms with Gasteiger partial charge in [-0.3, -0.25) is 4.99 Å². The summed E-state index contributed by atoms with van der Waals surface area (Å²) in [6.07, 6.45) is 8.29. The highest BCUT2D eigenvalue weighted by molar-refractivity contribution is 5.80. The fourth-order valence-electron chi connectivity index (χ4n) is 3.86. The van der Waals surface area contributed by atoms with Crippen LogP contribution in [0.25, 0.3) is 0 Å². The van der Waals surface area contributed by atoms with E-state index in [0.717, 1.165) is 19.0 Å². The zero-order chi connectivity index (χ0) is 15.3. The Kier molecular flexibility index (Phi) is 5.91. The first kappa shape index (κ1) is 16.6. The van der Waals surface area contributed by atoms with Crippen LogP contribution in [-0.4, -0.2) is 62.1 Å². The molecule has 1 atom stereocenters. The van der Waals surface area contributed by atoms with Gasteiger partial charge in [0.25, 0.3) is 0 Å². The van der Waals surface area contributed by atoms with Gasteiger partial charge < -0.3 is 15.1 Å². The lowest BCUT2D eigenvalue weighted by molar-refractivity contribution is 0.254. The van der Waals surface area contributed by atoms with Crippen LogP contribution in [0.15, 0.2) is 4.99 Å². The van der Waals surface area contributed by atoms with Crippen LogP contribution < -0.4 is 5.32 Å². The Morgan fingerprint density at radius 1 is 1.33 bits per heavy atom. The number of hydrogen-bond acceptors (Lipinski definition) is 2. The number of rotatable bonds is 5. The predicted octanol–water partition coefficient (Wildman–Crippen LogP) is 2.56. The Labute approximate surface area is 131 Å². The van der Waals surface area contributed by atoms with Gasteiger partial charge in [-0.25, -0.2) is 0 Å². The van der Waals surface area contributed by atoms with Gasteiger partial charge in [0.05, 0.1) is 0 Å². The maximum absolute atomic E-state index is 4.50.